The average Bonchev–Trinajstić information content (AvgIpc) is 2.22. The summed E-state index contributed by atoms with van der Waals surface area (Å²) in [4.78, 5) is 10.1. The number of aldehydes is 1. The molecule has 0 aliphatic heterocycles. The van der Waals surface area contributed by atoms with E-state index in [1.54, 1.807) is 0 Å². The Morgan fingerprint density at radius 2 is 2.33 bits per heavy atom. The first-order valence-electron chi connectivity index (χ1n) is 4.62. The van der Waals surface area contributed by atoms with Gasteiger partial charge in [-0.3, -0.25) is 0 Å². The molecule has 15 heavy (non-hydrogen) atoms. The highest BCUT2D eigenvalue weighted by Crippen LogP contribution is 2.18. The van der Waals surface area contributed by atoms with Crippen LogP contribution in [0.25, 0.3) is 0 Å². The lowest BCUT2D eigenvalue weighted by atomic mass is 10.2. The van der Waals surface area contributed by atoms with Crippen molar-refractivity contribution >= 4 is 6.29 Å². The van der Waals surface area contributed by atoms with Gasteiger partial charge in [0.15, 0.2) is 0 Å². The van der Waals surface area contributed by atoms with Crippen LogP contribution in [0.4, 0.5) is 4.39 Å². The Labute approximate surface area is 88.1 Å². The maximum atomic E-state index is 12.9. The van der Waals surface area contributed by atoms with Crippen LogP contribution >= 0.6 is 0 Å². The number of rotatable bonds is 3. The fraction of sp³-hybridized carbons (Fsp3) is 0.250. The van der Waals surface area contributed by atoms with Gasteiger partial charge < -0.3 is 9.53 Å². The minimum absolute atomic E-state index is 0.141. The lowest BCUT2D eigenvalue weighted by molar-refractivity contribution is -0.107. The molecule has 0 aliphatic carbocycles. The smallest absolute Gasteiger partial charge is 0.135 e. The van der Waals surface area contributed by atoms with Crippen molar-refractivity contribution in [2.24, 2.45) is 0 Å². The summed E-state index contributed by atoms with van der Waals surface area (Å²) in [6, 6.07) is 4.14. The lowest BCUT2D eigenvalue weighted by Gasteiger charge is -2.04. The van der Waals surface area contributed by atoms with Gasteiger partial charge in [0.2, 0.25) is 0 Å². The van der Waals surface area contributed by atoms with E-state index < -0.39 is 0 Å². The number of ether oxygens (including phenoxy) is 1. The van der Waals surface area contributed by atoms with Gasteiger partial charge >= 0.3 is 0 Å². The zero-order chi connectivity index (χ0) is 11.1. The van der Waals surface area contributed by atoms with Gasteiger partial charge in [0.1, 0.15) is 17.9 Å². The van der Waals surface area contributed by atoms with Gasteiger partial charge in [0.05, 0.1) is 18.6 Å². The Hall–Kier alpha value is -1.82. The van der Waals surface area contributed by atoms with Crippen molar-refractivity contribution in [2.75, 3.05) is 6.61 Å². The zero-order valence-corrected chi connectivity index (χ0v) is 8.42. The third-order valence-corrected chi connectivity index (χ3v) is 1.65. The largest absolute Gasteiger partial charge is 0.493 e. The van der Waals surface area contributed by atoms with Crippen molar-refractivity contribution in [1.82, 2.24) is 0 Å². The van der Waals surface area contributed by atoms with Crippen LogP contribution in [-0.4, -0.2) is 12.9 Å². The fourth-order valence-electron chi connectivity index (χ4n) is 1.07. The third-order valence-electron chi connectivity index (χ3n) is 1.65. The molecule has 3 heteroatoms. The molecule has 1 aromatic carbocycles. The highest BCUT2D eigenvalue weighted by atomic mass is 19.1. The molecule has 0 N–H and O–H groups in total. The molecule has 1 rings (SSSR count). The molecule has 0 saturated carbocycles. The van der Waals surface area contributed by atoms with Crippen molar-refractivity contribution in [2.45, 2.75) is 13.3 Å². The molecule has 0 radical (unpaired) electrons. The first-order chi connectivity index (χ1) is 7.27. The Morgan fingerprint density at radius 1 is 1.53 bits per heavy atom. The molecular weight excluding hydrogens is 195 g/mol. The van der Waals surface area contributed by atoms with Crippen LogP contribution in [0.2, 0.25) is 0 Å². The van der Waals surface area contributed by atoms with E-state index in [1.165, 1.54) is 18.2 Å². The van der Waals surface area contributed by atoms with Crippen molar-refractivity contribution in [3.63, 3.8) is 0 Å². The van der Waals surface area contributed by atoms with Gasteiger partial charge in [-0.05, 0) is 25.1 Å². The lowest BCUT2D eigenvalue weighted by Crippen LogP contribution is -1.94. The second kappa shape index (κ2) is 5.82. The van der Waals surface area contributed by atoms with Crippen LogP contribution in [0.5, 0.6) is 5.75 Å². The van der Waals surface area contributed by atoms with E-state index in [2.05, 4.69) is 11.8 Å². The van der Waals surface area contributed by atoms with E-state index >= 15 is 0 Å². The van der Waals surface area contributed by atoms with E-state index in [0.29, 0.717) is 24.2 Å². The van der Waals surface area contributed by atoms with Crippen LogP contribution in [0.3, 0.4) is 0 Å². The molecule has 0 spiro atoms. The van der Waals surface area contributed by atoms with Gasteiger partial charge in [0, 0.05) is 0 Å². The highest BCUT2D eigenvalue weighted by Gasteiger charge is 2.01. The topological polar surface area (TPSA) is 26.3 Å². The minimum Gasteiger partial charge on any atom is -0.493 e. The maximum Gasteiger partial charge on any atom is 0.135 e. The molecule has 0 atom stereocenters. The molecule has 0 bridgehead atoms. The summed E-state index contributed by atoms with van der Waals surface area (Å²) in [5.74, 6) is 5.48. The number of carbonyl (C=O) groups excluding carboxylic acids is 1. The second-order valence-electron chi connectivity index (χ2n) is 2.75. The fourth-order valence-corrected chi connectivity index (χ4v) is 1.07. The molecule has 0 aromatic heterocycles. The van der Waals surface area contributed by atoms with E-state index in [9.17, 15) is 9.18 Å². The number of hydrogen-bond donors (Lipinski definition) is 0. The molecule has 0 saturated heterocycles. The minimum atomic E-state index is -0.367. The third kappa shape index (κ3) is 3.43. The normalized spacial score (nSPS) is 8.93. The Kier molecular flexibility index (Phi) is 4.36. The monoisotopic (exact) mass is 206 g/mol. The molecule has 0 aliphatic rings. The predicted octanol–water partition coefficient (Wildman–Crippen LogP) is 2.16. The van der Waals surface area contributed by atoms with Gasteiger partial charge in [-0.15, -0.1) is 0 Å². The molecule has 0 amide bonds. The summed E-state index contributed by atoms with van der Waals surface area (Å²) in [6.07, 6.45) is 0.842. The summed E-state index contributed by atoms with van der Waals surface area (Å²) < 4.78 is 18.2. The Balaban J connectivity index is 2.97. The van der Waals surface area contributed by atoms with Gasteiger partial charge in [0.25, 0.3) is 0 Å². The SMILES string of the molecule is CCOc1ccc(F)cc1C#CCC=O. The van der Waals surface area contributed by atoms with Crippen LogP contribution < -0.4 is 4.74 Å². The number of carbonyl (C=O) groups is 1. The summed E-state index contributed by atoms with van der Waals surface area (Å²) in [6.45, 7) is 2.33. The molecule has 1 aromatic rings. The summed E-state index contributed by atoms with van der Waals surface area (Å²) in [7, 11) is 0. The first kappa shape index (κ1) is 11.3. The summed E-state index contributed by atoms with van der Waals surface area (Å²) in [5, 5.41) is 0. The van der Waals surface area contributed by atoms with Crippen molar-refractivity contribution < 1.29 is 13.9 Å². The summed E-state index contributed by atoms with van der Waals surface area (Å²) >= 11 is 0. The standard InChI is InChI=1S/C12H11FO2/c1-2-15-12-7-6-11(13)9-10(12)5-3-4-8-14/h6-9H,2,4H2,1H3. The molecule has 2 nitrogen and oxygen atoms in total. The molecule has 0 fully saturated rings. The summed E-state index contributed by atoms with van der Waals surface area (Å²) in [5.41, 5.74) is 0.471. The van der Waals surface area contributed by atoms with Gasteiger partial charge in [-0.2, -0.15) is 0 Å². The first-order valence-corrected chi connectivity index (χ1v) is 4.62. The quantitative estimate of drug-likeness (QED) is 0.559. The van der Waals surface area contributed by atoms with E-state index in [0.717, 1.165) is 0 Å². The maximum absolute atomic E-state index is 12.9. The zero-order valence-electron chi connectivity index (χ0n) is 8.42. The average molecular weight is 206 g/mol. The predicted molar refractivity (Wildman–Crippen MR) is 55.1 cm³/mol. The van der Waals surface area contributed by atoms with Gasteiger partial charge in [-0.1, -0.05) is 11.8 Å². The Bertz CT molecular complexity index is 402. The second-order valence-corrected chi connectivity index (χ2v) is 2.75. The van der Waals surface area contributed by atoms with Crippen molar-refractivity contribution in [3.8, 4) is 17.6 Å². The highest BCUT2D eigenvalue weighted by molar-refractivity contribution is 5.56. The number of halogens is 1. The molecule has 78 valence electrons. The van der Waals surface area contributed by atoms with Crippen LogP contribution in [0, 0.1) is 17.7 Å². The van der Waals surface area contributed by atoms with Crippen LogP contribution in [0.15, 0.2) is 18.2 Å². The molecule has 0 unspecified atom stereocenters. The van der Waals surface area contributed by atoms with Crippen LogP contribution in [-0.2, 0) is 4.79 Å². The molecular formula is C12H11FO2. The van der Waals surface area contributed by atoms with E-state index in [-0.39, 0.29) is 12.2 Å². The van der Waals surface area contributed by atoms with Crippen molar-refractivity contribution in [1.29, 1.82) is 0 Å². The number of benzene rings is 1. The van der Waals surface area contributed by atoms with Crippen molar-refractivity contribution in [3.05, 3.63) is 29.6 Å². The van der Waals surface area contributed by atoms with E-state index in [4.69, 9.17) is 4.74 Å². The van der Waals surface area contributed by atoms with Crippen LogP contribution in [0.1, 0.15) is 18.9 Å². The van der Waals surface area contributed by atoms with E-state index in [1.807, 2.05) is 6.92 Å². The van der Waals surface area contributed by atoms with Gasteiger partial charge in [-0.25, -0.2) is 4.39 Å². The Morgan fingerprint density at radius 3 is 3.00 bits per heavy atom. The molecule has 0 heterocycles. The number of hydrogen-bond acceptors (Lipinski definition) is 2.